The Labute approximate surface area is 199 Å². The molecule has 1 aliphatic rings. The van der Waals surface area contributed by atoms with Crippen LogP contribution in [-0.2, 0) is 0 Å². The first-order valence-electron chi connectivity index (χ1n) is 10.7. The number of nitrogens with one attached hydrogen (secondary N) is 3. The van der Waals surface area contributed by atoms with E-state index < -0.39 is 5.91 Å². The molecule has 5 rings (SSSR count). The minimum Gasteiger partial charge on any atom is -0.354 e. The Balaban J connectivity index is 1.49. The van der Waals surface area contributed by atoms with E-state index >= 15 is 0 Å². The lowest BCUT2D eigenvalue weighted by Crippen LogP contribution is -2.22. The molecule has 1 aromatic carbocycles. The van der Waals surface area contributed by atoms with Crippen molar-refractivity contribution in [3.05, 3.63) is 78.3 Å². The van der Waals surface area contributed by atoms with Gasteiger partial charge in [-0.3, -0.25) is 9.59 Å². The molecule has 34 heavy (non-hydrogen) atoms. The minimum atomic E-state index is -0.435. The lowest BCUT2D eigenvalue weighted by molar-refractivity contribution is 0.0960. The van der Waals surface area contributed by atoms with Gasteiger partial charge in [0, 0.05) is 24.2 Å². The summed E-state index contributed by atoms with van der Waals surface area (Å²) in [4.78, 5) is 43.1. The Hall–Kier alpha value is -4.18. The second kappa shape index (κ2) is 9.36. The SMILES string of the molecule is CNC(=O)c1nc(-c2ccccc2)sc1NC(=O)c1nc(C2CC2)ccc1Nc1cncnc1. The van der Waals surface area contributed by atoms with Crippen LogP contribution in [0.1, 0.15) is 45.4 Å². The van der Waals surface area contributed by atoms with Crippen LogP contribution in [-0.4, -0.2) is 38.8 Å². The van der Waals surface area contributed by atoms with Crippen molar-refractivity contribution in [1.82, 2.24) is 25.3 Å². The molecule has 3 heterocycles. The molecule has 10 heteroatoms. The van der Waals surface area contributed by atoms with Crippen LogP contribution in [0.15, 0.2) is 61.2 Å². The van der Waals surface area contributed by atoms with E-state index in [1.54, 1.807) is 12.4 Å². The van der Waals surface area contributed by atoms with Gasteiger partial charge < -0.3 is 16.0 Å². The predicted octanol–water partition coefficient (Wildman–Crippen LogP) is 4.23. The lowest BCUT2D eigenvalue weighted by Gasteiger charge is -2.12. The standard InChI is InChI=1S/C24H21N7O2S/c1-25-21(32)20-24(34-23(30-20)15-5-3-2-4-6-15)31-22(33)19-18(28-16-11-26-13-27-12-16)10-9-17(29-19)14-7-8-14/h2-6,9-14,28H,7-8H2,1H3,(H,25,32)(H,31,33). The van der Waals surface area contributed by atoms with Crippen molar-refractivity contribution in [2.45, 2.75) is 18.8 Å². The molecule has 0 spiro atoms. The molecule has 4 aromatic rings. The van der Waals surface area contributed by atoms with E-state index in [-0.39, 0.29) is 17.3 Å². The molecule has 1 saturated carbocycles. The molecule has 0 bridgehead atoms. The highest BCUT2D eigenvalue weighted by molar-refractivity contribution is 7.19. The summed E-state index contributed by atoms with van der Waals surface area (Å²) in [6.07, 6.45) is 6.78. The Bertz CT molecular complexity index is 1340. The van der Waals surface area contributed by atoms with E-state index in [4.69, 9.17) is 0 Å². The monoisotopic (exact) mass is 471 g/mol. The maximum absolute atomic E-state index is 13.4. The van der Waals surface area contributed by atoms with Gasteiger partial charge in [0.25, 0.3) is 11.8 Å². The average molecular weight is 472 g/mol. The van der Waals surface area contributed by atoms with E-state index in [1.807, 2.05) is 42.5 Å². The molecule has 0 aliphatic heterocycles. The van der Waals surface area contributed by atoms with Crippen LogP contribution < -0.4 is 16.0 Å². The van der Waals surface area contributed by atoms with Gasteiger partial charge in [-0.1, -0.05) is 41.7 Å². The molecule has 0 atom stereocenters. The van der Waals surface area contributed by atoms with Gasteiger partial charge in [0.05, 0.1) is 23.8 Å². The maximum atomic E-state index is 13.4. The Morgan fingerprint density at radius 2 is 1.71 bits per heavy atom. The number of carbonyl (C=O) groups excluding carboxylic acids is 2. The Morgan fingerprint density at radius 1 is 0.941 bits per heavy atom. The average Bonchev–Trinajstić information content (AvgIpc) is 3.65. The summed E-state index contributed by atoms with van der Waals surface area (Å²) >= 11 is 1.24. The van der Waals surface area contributed by atoms with E-state index in [0.29, 0.717) is 27.3 Å². The third kappa shape index (κ3) is 4.62. The normalized spacial score (nSPS) is 12.7. The van der Waals surface area contributed by atoms with Gasteiger partial charge in [-0.2, -0.15) is 0 Å². The molecule has 170 valence electrons. The van der Waals surface area contributed by atoms with Crippen molar-refractivity contribution < 1.29 is 9.59 Å². The quantitative estimate of drug-likeness (QED) is 0.369. The second-order valence-electron chi connectivity index (χ2n) is 7.75. The number of benzene rings is 1. The van der Waals surface area contributed by atoms with Crippen molar-refractivity contribution in [3.8, 4) is 10.6 Å². The van der Waals surface area contributed by atoms with Crippen LogP contribution in [0, 0.1) is 0 Å². The van der Waals surface area contributed by atoms with Crippen LogP contribution in [0.3, 0.4) is 0 Å². The first-order chi connectivity index (χ1) is 16.6. The molecule has 3 aromatic heterocycles. The maximum Gasteiger partial charge on any atom is 0.277 e. The third-order valence-electron chi connectivity index (χ3n) is 5.28. The van der Waals surface area contributed by atoms with E-state index in [0.717, 1.165) is 24.1 Å². The highest BCUT2D eigenvalue weighted by Crippen LogP contribution is 2.40. The summed E-state index contributed by atoms with van der Waals surface area (Å²) < 4.78 is 0. The molecule has 3 N–H and O–H groups in total. The molecule has 2 amide bonds. The second-order valence-corrected chi connectivity index (χ2v) is 8.75. The Kier molecular flexibility index (Phi) is 5.96. The number of anilines is 3. The minimum absolute atomic E-state index is 0.156. The third-order valence-corrected chi connectivity index (χ3v) is 6.30. The fraction of sp³-hybridized carbons (Fsp3) is 0.167. The summed E-state index contributed by atoms with van der Waals surface area (Å²) in [5.74, 6) is -0.446. The molecular weight excluding hydrogens is 450 g/mol. The number of pyridine rings is 1. The lowest BCUT2D eigenvalue weighted by atomic mass is 10.2. The van der Waals surface area contributed by atoms with Crippen molar-refractivity contribution in [2.75, 3.05) is 17.7 Å². The number of hydrogen-bond acceptors (Lipinski definition) is 8. The molecule has 1 aliphatic carbocycles. The number of thiazole rings is 1. The molecule has 1 fully saturated rings. The smallest absolute Gasteiger partial charge is 0.277 e. The fourth-order valence-electron chi connectivity index (χ4n) is 3.42. The molecule has 0 unspecified atom stereocenters. The van der Waals surface area contributed by atoms with E-state index in [9.17, 15) is 9.59 Å². The topological polar surface area (TPSA) is 122 Å². The number of rotatable bonds is 7. The van der Waals surface area contributed by atoms with Crippen molar-refractivity contribution in [1.29, 1.82) is 0 Å². The van der Waals surface area contributed by atoms with Crippen molar-refractivity contribution in [2.24, 2.45) is 0 Å². The summed E-state index contributed by atoms with van der Waals surface area (Å²) in [6, 6.07) is 13.3. The van der Waals surface area contributed by atoms with Gasteiger partial charge in [-0.15, -0.1) is 0 Å². The molecule has 0 radical (unpaired) electrons. The van der Waals surface area contributed by atoms with Crippen LogP contribution in [0.2, 0.25) is 0 Å². The zero-order valence-corrected chi connectivity index (χ0v) is 19.1. The van der Waals surface area contributed by atoms with E-state index in [1.165, 1.54) is 24.7 Å². The first-order valence-corrected chi connectivity index (χ1v) is 11.6. The number of aromatic nitrogens is 4. The summed E-state index contributed by atoms with van der Waals surface area (Å²) in [7, 11) is 1.53. The zero-order valence-electron chi connectivity index (χ0n) is 18.3. The van der Waals surface area contributed by atoms with Gasteiger partial charge in [0.15, 0.2) is 11.4 Å². The summed E-state index contributed by atoms with van der Waals surface area (Å²) in [5.41, 5.74) is 3.27. The molecular formula is C24H21N7O2S. The van der Waals surface area contributed by atoms with Crippen molar-refractivity contribution in [3.63, 3.8) is 0 Å². The summed E-state index contributed by atoms with van der Waals surface area (Å²) in [5, 5.41) is 9.61. The highest BCUT2D eigenvalue weighted by atomic mass is 32.1. The number of nitrogens with zero attached hydrogens (tertiary/aromatic N) is 4. The number of carbonyl (C=O) groups is 2. The largest absolute Gasteiger partial charge is 0.354 e. The predicted molar refractivity (Wildman–Crippen MR) is 130 cm³/mol. The van der Waals surface area contributed by atoms with Crippen LogP contribution in [0.5, 0.6) is 0 Å². The van der Waals surface area contributed by atoms with Crippen LogP contribution in [0.25, 0.3) is 10.6 Å². The fourth-order valence-corrected chi connectivity index (χ4v) is 4.38. The zero-order chi connectivity index (χ0) is 23.5. The van der Waals surface area contributed by atoms with Gasteiger partial charge in [-0.25, -0.2) is 19.9 Å². The molecule has 9 nitrogen and oxygen atoms in total. The van der Waals surface area contributed by atoms with Crippen LogP contribution >= 0.6 is 11.3 Å². The number of amides is 2. The van der Waals surface area contributed by atoms with Crippen molar-refractivity contribution >= 4 is 39.5 Å². The first kappa shape index (κ1) is 21.7. The van der Waals surface area contributed by atoms with E-state index in [2.05, 4.69) is 35.9 Å². The highest BCUT2D eigenvalue weighted by Gasteiger charge is 2.28. The summed E-state index contributed by atoms with van der Waals surface area (Å²) in [6.45, 7) is 0. The number of hydrogen-bond donors (Lipinski definition) is 3. The van der Waals surface area contributed by atoms with Crippen LogP contribution in [0.4, 0.5) is 16.4 Å². The Morgan fingerprint density at radius 3 is 2.41 bits per heavy atom. The van der Waals surface area contributed by atoms with Gasteiger partial charge in [-0.05, 0) is 25.0 Å². The van der Waals surface area contributed by atoms with Gasteiger partial charge in [0.1, 0.15) is 16.3 Å². The molecule has 0 saturated heterocycles. The van der Waals surface area contributed by atoms with Gasteiger partial charge in [0.2, 0.25) is 0 Å². The van der Waals surface area contributed by atoms with Gasteiger partial charge >= 0.3 is 0 Å².